The Morgan fingerprint density at radius 1 is 1.29 bits per heavy atom. The first-order valence-electron chi connectivity index (χ1n) is 4.11. The van der Waals surface area contributed by atoms with E-state index in [4.69, 9.17) is 15.2 Å². The van der Waals surface area contributed by atoms with Crippen LogP contribution in [0.1, 0.15) is 5.56 Å². The van der Waals surface area contributed by atoms with Crippen molar-refractivity contribution in [3.05, 3.63) is 23.8 Å². The summed E-state index contributed by atoms with van der Waals surface area (Å²) in [4.78, 5) is 0. The van der Waals surface area contributed by atoms with Crippen LogP contribution >= 0.6 is 0 Å². The zero-order valence-corrected chi connectivity index (χ0v) is 7.30. The predicted molar refractivity (Wildman–Crippen MR) is 45.5 cm³/mol. The summed E-state index contributed by atoms with van der Waals surface area (Å²) in [6, 6.07) is 4.01. The third-order valence-corrected chi connectivity index (χ3v) is 2.05. The van der Waals surface area contributed by atoms with E-state index in [1.807, 2.05) is 0 Å². The molecule has 1 aromatic carbocycles. The number of rotatable bonds is 2. The molecular formula is C9H9F2NO2. The van der Waals surface area contributed by atoms with Crippen molar-refractivity contribution in [1.82, 2.24) is 0 Å². The molecule has 0 unspecified atom stereocenters. The Bertz CT molecular complexity index is 355. The van der Waals surface area contributed by atoms with E-state index in [9.17, 15) is 8.78 Å². The van der Waals surface area contributed by atoms with Crippen molar-refractivity contribution in [2.24, 2.45) is 5.73 Å². The molecule has 0 saturated heterocycles. The first-order chi connectivity index (χ1) is 6.63. The fourth-order valence-corrected chi connectivity index (χ4v) is 1.24. The van der Waals surface area contributed by atoms with Crippen molar-refractivity contribution in [2.45, 2.75) is 5.92 Å². The quantitative estimate of drug-likeness (QED) is 0.787. The minimum Gasteiger partial charge on any atom is -0.454 e. The van der Waals surface area contributed by atoms with Crippen molar-refractivity contribution in [1.29, 1.82) is 0 Å². The van der Waals surface area contributed by atoms with Gasteiger partial charge in [0.25, 0.3) is 5.92 Å². The van der Waals surface area contributed by atoms with Gasteiger partial charge in [0.2, 0.25) is 6.79 Å². The van der Waals surface area contributed by atoms with E-state index >= 15 is 0 Å². The van der Waals surface area contributed by atoms with Crippen LogP contribution in [0.5, 0.6) is 11.5 Å². The van der Waals surface area contributed by atoms with Crippen molar-refractivity contribution in [3.8, 4) is 11.5 Å². The monoisotopic (exact) mass is 201 g/mol. The van der Waals surface area contributed by atoms with Crippen LogP contribution in [0.2, 0.25) is 0 Å². The molecule has 5 heteroatoms. The Labute approximate surface area is 79.4 Å². The summed E-state index contributed by atoms with van der Waals surface area (Å²) in [5.74, 6) is -2.18. The second-order valence-corrected chi connectivity index (χ2v) is 2.98. The summed E-state index contributed by atoms with van der Waals surface area (Å²) in [7, 11) is 0. The summed E-state index contributed by atoms with van der Waals surface area (Å²) in [6.07, 6.45) is 0. The van der Waals surface area contributed by atoms with Gasteiger partial charge in [0.15, 0.2) is 11.5 Å². The Morgan fingerprint density at radius 3 is 2.71 bits per heavy atom. The van der Waals surface area contributed by atoms with E-state index in [0.29, 0.717) is 11.5 Å². The molecule has 1 aliphatic heterocycles. The van der Waals surface area contributed by atoms with Gasteiger partial charge in [-0.3, -0.25) is 0 Å². The summed E-state index contributed by atoms with van der Waals surface area (Å²) in [5, 5.41) is 0. The number of fused-ring (bicyclic) bond motifs is 1. The Balaban J connectivity index is 2.38. The fraction of sp³-hybridized carbons (Fsp3) is 0.333. The van der Waals surface area contributed by atoms with Gasteiger partial charge in [-0.05, 0) is 18.2 Å². The third kappa shape index (κ3) is 1.39. The van der Waals surface area contributed by atoms with E-state index in [2.05, 4.69) is 0 Å². The van der Waals surface area contributed by atoms with E-state index in [-0.39, 0.29) is 12.4 Å². The molecule has 0 fully saturated rings. The molecular weight excluding hydrogens is 192 g/mol. The maximum absolute atomic E-state index is 13.1. The topological polar surface area (TPSA) is 44.5 Å². The highest BCUT2D eigenvalue weighted by Crippen LogP contribution is 2.37. The maximum Gasteiger partial charge on any atom is 0.285 e. The Hall–Kier alpha value is -1.36. The number of nitrogens with two attached hydrogens (primary N) is 1. The van der Waals surface area contributed by atoms with Crippen LogP contribution in [0.4, 0.5) is 8.78 Å². The van der Waals surface area contributed by atoms with Gasteiger partial charge in [-0.2, -0.15) is 8.78 Å². The van der Waals surface area contributed by atoms with Gasteiger partial charge in [-0.25, -0.2) is 0 Å². The lowest BCUT2D eigenvalue weighted by molar-refractivity contribution is 0.00578. The van der Waals surface area contributed by atoms with Crippen molar-refractivity contribution < 1.29 is 18.3 Å². The summed E-state index contributed by atoms with van der Waals surface area (Å²) < 4.78 is 36.2. The number of hydrogen-bond donors (Lipinski definition) is 1. The van der Waals surface area contributed by atoms with Gasteiger partial charge >= 0.3 is 0 Å². The highest BCUT2D eigenvalue weighted by Gasteiger charge is 2.31. The molecule has 0 atom stereocenters. The zero-order valence-electron chi connectivity index (χ0n) is 7.30. The van der Waals surface area contributed by atoms with Gasteiger partial charge in [0.1, 0.15) is 0 Å². The smallest absolute Gasteiger partial charge is 0.285 e. The van der Waals surface area contributed by atoms with E-state index in [0.717, 1.165) is 0 Å². The number of ether oxygens (including phenoxy) is 2. The second kappa shape index (κ2) is 3.09. The molecule has 2 N–H and O–H groups in total. The average Bonchev–Trinajstić information content (AvgIpc) is 2.64. The highest BCUT2D eigenvalue weighted by molar-refractivity contribution is 5.45. The molecule has 0 saturated carbocycles. The molecule has 2 rings (SSSR count). The van der Waals surface area contributed by atoms with Crippen molar-refractivity contribution in [2.75, 3.05) is 13.3 Å². The molecule has 1 aromatic rings. The van der Waals surface area contributed by atoms with E-state index in [1.165, 1.54) is 18.2 Å². The number of benzene rings is 1. The zero-order chi connectivity index (χ0) is 10.2. The normalized spacial score (nSPS) is 14.5. The largest absolute Gasteiger partial charge is 0.454 e. The molecule has 76 valence electrons. The second-order valence-electron chi connectivity index (χ2n) is 2.98. The van der Waals surface area contributed by atoms with E-state index < -0.39 is 12.5 Å². The molecule has 0 bridgehead atoms. The highest BCUT2D eigenvalue weighted by atomic mass is 19.3. The van der Waals surface area contributed by atoms with Crippen molar-refractivity contribution >= 4 is 0 Å². The fourth-order valence-electron chi connectivity index (χ4n) is 1.24. The first-order valence-corrected chi connectivity index (χ1v) is 4.11. The van der Waals surface area contributed by atoms with Crippen LogP contribution in [0.25, 0.3) is 0 Å². The molecule has 0 radical (unpaired) electrons. The van der Waals surface area contributed by atoms with Crippen LogP contribution in [-0.4, -0.2) is 13.3 Å². The SMILES string of the molecule is NCC(F)(F)c1ccc2c(c1)OCO2. The van der Waals surface area contributed by atoms with Crippen LogP contribution in [0.3, 0.4) is 0 Å². The minimum atomic E-state index is -3.01. The average molecular weight is 201 g/mol. The van der Waals surface area contributed by atoms with Crippen LogP contribution < -0.4 is 15.2 Å². The van der Waals surface area contributed by atoms with Crippen molar-refractivity contribution in [3.63, 3.8) is 0 Å². The Morgan fingerprint density at radius 2 is 2.00 bits per heavy atom. The number of hydrogen-bond acceptors (Lipinski definition) is 3. The first kappa shape index (κ1) is 9.21. The summed E-state index contributed by atoms with van der Waals surface area (Å²) >= 11 is 0. The Kier molecular flexibility index (Phi) is 2.03. The lowest BCUT2D eigenvalue weighted by Gasteiger charge is -2.14. The van der Waals surface area contributed by atoms with Gasteiger partial charge in [0, 0.05) is 5.56 Å². The van der Waals surface area contributed by atoms with Crippen LogP contribution in [0, 0.1) is 0 Å². The lowest BCUT2D eigenvalue weighted by atomic mass is 10.1. The van der Waals surface area contributed by atoms with E-state index in [1.54, 1.807) is 0 Å². The summed E-state index contributed by atoms with van der Waals surface area (Å²) in [6.45, 7) is -0.639. The molecule has 14 heavy (non-hydrogen) atoms. The molecule has 0 aliphatic carbocycles. The minimum absolute atomic E-state index is 0.0764. The number of halogens is 2. The molecule has 1 heterocycles. The molecule has 3 nitrogen and oxygen atoms in total. The molecule has 1 aliphatic rings. The van der Waals surface area contributed by atoms with Gasteiger partial charge in [0.05, 0.1) is 6.54 Å². The molecule has 0 spiro atoms. The maximum atomic E-state index is 13.1. The number of alkyl halides is 2. The standard InChI is InChI=1S/C9H9F2NO2/c10-9(11,4-12)6-1-2-7-8(3-6)14-5-13-7/h1-3H,4-5,12H2. The third-order valence-electron chi connectivity index (χ3n) is 2.05. The summed E-state index contributed by atoms with van der Waals surface area (Å²) in [5.41, 5.74) is 4.81. The van der Waals surface area contributed by atoms with Crippen LogP contribution in [-0.2, 0) is 5.92 Å². The molecule has 0 aromatic heterocycles. The predicted octanol–water partition coefficient (Wildman–Crippen LogP) is 1.47. The van der Waals surface area contributed by atoms with Crippen LogP contribution in [0.15, 0.2) is 18.2 Å². The van der Waals surface area contributed by atoms with Gasteiger partial charge in [-0.15, -0.1) is 0 Å². The van der Waals surface area contributed by atoms with Gasteiger partial charge in [-0.1, -0.05) is 0 Å². The van der Waals surface area contributed by atoms with Gasteiger partial charge < -0.3 is 15.2 Å². The molecule has 0 amide bonds. The lowest BCUT2D eigenvalue weighted by Crippen LogP contribution is -2.24.